The monoisotopic (exact) mass is 351 g/mol. The van der Waals surface area contributed by atoms with Crippen LogP contribution in [0.1, 0.15) is 22.7 Å². The van der Waals surface area contributed by atoms with E-state index in [4.69, 9.17) is 4.42 Å². The number of aryl methyl sites for hydroxylation is 2. The Labute approximate surface area is 153 Å². The van der Waals surface area contributed by atoms with Gasteiger partial charge in [0.05, 0.1) is 11.8 Å². The standard InChI is InChI=1S/C21H25N3O2/c1-14-8-19(23-22-14)10-18-12-24(13-20(18)25)11-16-4-3-5-17(9-16)21-7-6-15(2)26-21/h3-9,18,20,25H,10-13H2,1-2H3,(H,22,23)/t18-,20+/m1/s1. The number of H-pyrrole nitrogens is 1. The first-order valence-electron chi connectivity index (χ1n) is 9.14. The first-order chi connectivity index (χ1) is 12.6. The lowest BCUT2D eigenvalue weighted by molar-refractivity contribution is 0.140. The quantitative estimate of drug-likeness (QED) is 0.740. The summed E-state index contributed by atoms with van der Waals surface area (Å²) in [6.07, 6.45) is 0.510. The lowest BCUT2D eigenvalue weighted by Gasteiger charge is -2.16. The number of β-amino-alcohol motifs (C(OH)–C–C–N with tert-alkyl or cyclic N) is 1. The largest absolute Gasteiger partial charge is 0.461 e. The van der Waals surface area contributed by atoms with E-state index in [9.17, 15) is 5.11 Å². The van der Waals surface area contributed by atoms with E-state index < -0.39 is 0 Å². The van der Waals surface area contributed by atoms with E-state index in [0.717, 1.165) is 48.0 Å². The maximum Gasteiger partial charge on any atom is 0.134 e. The minimum atomic E-state index is -0.303. The molecule has 0 saturated carbocycles. The molecule has 0 spiro atoms. The molecule has 0 bridgehead atoms. The van der Waals surface area contributed by atoms with E-state index in [1.165, 1.54) is 5.56 Å². The van der Waals surface area contributed by atoms with Gasteiger partial charge in [0.15, 0.2) is 0 Å². The van der Waals surface area contributed by atoms with Gasteiger partial charge in [-0.05, 0) is 50.1 Å². The molecule has 2 atom stereocenters. The highest BCUT2D eigenvalue weighted by Gasteiger charge is 2.31. The molecule has 0 radical (unpaired) electrons. The summed E-state index contributed by atoms with van der Waals surface area (Å²) in [7, 11) is 0. The third-order valence-corrected chi connectivity index (χ3v) is 5.07. The molecule has 136 valence electrons. The average molecular weight is 351 g/mol. The fourth-order valence-corrected chi connectivity index (χ4v) is 3.79. The molecule has 3 aromatic rings. The van der Waals surface area contributed by atoms with Crippen LogP contribution < -0.4 is 0 Å². The summed E-state index contributed by atoms with van der Waals surface area (Å²) in [5.41, 5.74) is 4.43. The summed E-state index contributed by atoms with van der Waals surface area (Å²) in [4.78, 5) is 2.32. The fraction of sp³-hybridized carbons (Fsp3) is 0.381. The summed E-state index contributed by atoms with van der Waals surface area (Å²) in [5.74, 6) is 2.05. The van der Waals surface area contributed by atoms with E-state index >= 15 is 0 Å². The minimum absolute atomic E-state index is 0.230. The molecule has 2 aromatic heterocycles. The normalized spacial score (nSPS) is 20.7. The number of nitrogens with zero attached hydrogens (tertiary/aromatic N) is 2. The number of aliphatic hydroxyl groups is 1. The van der Waals surface area contributed by atoms with E-state index in [1.807, 2.05) is 26.0 Å². The van der Waals surface area contributed by atoms with Crippen LogP contribution in [-0.4, -0.2) is 39.4 Å². The van der Waals surface area contributed by atoms with E-state index in [1.54, 1.807) is 0 Å². The van der Waals surface area contributed by atoms with Crippen LogP contribution >= 0.6 is 0 Å². The lowest BCUT2D eigenvalue weighted by atomic mass is 10.0. The van der Waals surface area contributed by atoms with Crippen LogP contribution in [0.5, 0.6) is 0 Å². The molecule has 2 N–H and O–H groups in total. The van der Waals surface area contributed by atoms with Crippen LogP contribution in [0.2, 0.25) is 0 Å². The highest BCUT2D eigenvalue weighted by Crippen LogP contribution is 2.26. The number of benzene rings is 1. The van der Waals surface area contributed by atoms with Crippen LogP contribution in [0, 0.1) is 19.8 Å². The molecule has 1 aliphatic rings. The maximum absolute atomic E-state index is 10.4. The van der Waals surface area contributed by atoms with Crippen molar-refractivity contribution in [2.24, 2.45) is 5.92 Å². The molecule has 1 aromatic carbocycles. The molecular weight excluding hydrogens is 326 g/mol. The smallest absolute Gasteiger partial charge is 0.134 e. The average Bonchev–Trinajstić information content (AvgIpc) is 3.30. The predicted molar refractivity (Wildman–Crippen MR) is 101 cm³/mol. The van der Waals surface area contributed by atoms with Crippen molar-refractivity contribution in [1.82, 2.24) is 15.1 Å². The van der Waals surface area contributed by atoms with Crippen molar-refractivity contribution in [3.8, 4) is 11.3 Å². The second-order valence-corrected chi connectivity index (χ2v) is 7.38. The number of hydrogen-bond donors (Lipinski definition) is 2. The summed E-state index contributed by atoms with van der Waals surface area (Å²) >= 11 is 0. The van der Waals surface area contributed by atoms with Gasteiger partial charge in [0, 0.05) is 36.8 Å². The first kappa shape index (κ1) is 17.1. The van der Waals surface area contributed by atoms with Crippen LogP contribution in [0.3, 0.4) is 0 Å². The van der Waals surface area contributed by atoms with Crippen molar-refractivity contribution < 1.29 is 9.52 Å². The van der Waals surface area contributed by atoms with Gasteiger partial charge in [-0.1, -0.05) is 18.2 Å². The number of likely N-dealkylation sites (tertiary alicyclic amines) is 1. The van der Waals surface area contributed by atoms with Crippen molar-refractivity contribution in [3.63, 3.8) is 0 Å². The van der Waals surface area contributed by atoms with E-state index in [-0.39, 0.29) is 12.0 Å². The second kappa shape index (κ2) is 7.09. The van der Waals surface area contributed by atoms with Gasteiger partial charge < -0.3 is 9.52 Å². The van der Waals surface area contributed by atoms with Gasteiger partial charge in [-0.2, -0.15) is 5.10 Å². The summed E-state index contributed by atoms with van der Waals surface area (Å²) in [6, 6.07) is 14.5. The van der Waals surface area contributed by atoms with Crippen molar-refractivity contribution >= 4 is 0 Å². The molecule has 3 heterocycles. The van der Waals surface area contributed by atoms with E-state index in [2.05, 4.69) is 45.4 Å². The number of furan rings is 1. The van der Waals surface area contributed by atoms with Gasteiger partial charge in [0.2, 0.25) is 0 Å². The molecule has 0 unspecified atom stereocenters. The molecule has 0 aliphatic carbocycles. The Balaban J connectivity index is 1.41. The lowest BCUT2D eigenvalue weighted by Crippen LogP contribution is -2.21. The van der Waals surface area contributed by atoms with Gasteiger partial charge >= 0.3 is 0 Å². The van der Waals surface area contributed by atoms with Crippen molar-refractivity contribution in [1.29, 1.82) is 0 Å². The van der Waals surface area contributed by atoms with Crippen molar-refractivity contribution in [2.45, 2.75) is 32.9 Å². The van der Waals surface area contributed by atoms with Crippen LogP contribution in [0.25, 0.3) is 11.3 Å². The van der Waals surface area contributed by atoms with Crippen molar-refractivity contribution in [2.75, 3.05) is 13.1 Å². The van der Waals surface area contributed by atoms with Crippen LogP contribution in [-0.2, 0) is 13.0 Å². The molecule has 5 heteroatoms. The summed E-state index contributed by atoms with van der Waals surface area (Å²) < 4.78 is 5.73. The number of aromatic amines is 1. The highest BCUT2D eigenvalue weighted by molar-refractivity contribution is 5.58. The van der Waals surface area contributed by atoms with E-state index in [0.29, 0.717) is 6.54 Å². The minimum Gasteiger partial charge on any atom is -0.461 e. The molecular formula is C21H25N3O2. The van der Waals surface area contributed by atoms with Crippen molar-refractivity contribution in [3.05, 3.63) is 65.2 Å². The Morgan fingerprint density at radius 3 is 2.81 bits per heavy atom. The number of rotatable bonds is 5. The van der Waals surface area contributed by atoms with Gasteiger partial charge in [0.25, 0.3) is 0 Å². The number of aromatic nitrogens is 2. The zero-order valence-electron chi connectivity index (χ0n) is 15.3. The zero-order valence-corrected chi connectivity index (χ0v) is 15.3. The van der Waals surface area contributed by atoms with Gasteiger partial charge in [-0.25, -0.2) is 0 Å². The first-order valence-corrected chi connectivity index (χ1v) is 9.14. The summed E-state index contributed by atoms with van der Waals surface area (Å²) in [6.45, 7) is 6.39. The third kappa shape index (κ3) is 3.74. The third-order valence-electron chi connectivity index (χ3n) is 5.07. The van der Waals surface area contributed by atoms with Gasteiger partial charge in [0.1, 0.15) is 11.5 Å². The Bertz CT molecular complexity index is 883. The Hall–Kier alpha value is -2.37. The predicted octanol–water partition coefficient (Wildman–Crippen LogP) is 3.32. The Morgan fingerprint density at radius 2 is 2.08 bits per heavy atom. The molecule has 5 nitrogen and oxygen atoms in total. The molecule has 1 saturated heterocycles. The maximum atomic E-state index is 10.4. The van der Waals surface area contributed by atoms with Gasteiger partial charge in [-0.15, -0.1) is 0 Å². The molecule has 1 aliphatic heterocycles. The fourth-order valence-electron chi connectivity index (χ4n) is 3.79. The topological polar surface area (TPSA) is 65.3 Å². The molecule has 4 rings (SSSR count). The molecule has 1 fully saturated rings. The van der Waals surface area contributed by atoms with Crippen LogP contribution in [0.15, 0.2) is 46.9 Å². The zero-order chi connectivity index (χ0) is 18.1. The number of nitrogens with one attached hydrogen (secondary N) is 1. The number of hydrogen-bond acceptors (Lipinski definition) is 4. The Morgan fingerprint density at radius 1 is 1.19 bits per heavy atom. The Kier molecular flexibility index (Phi) is 4.66. The summed E-state index contributed by atoms with van der Waals surface area (Å²) in [5, 5.41) is 17.7. The molecule has 0 amide bonds. The van der Waals surface area contributed by atoms with Gasteiger partial charge in [-0.3, -0.25) is 10.00 Å². The highest BCUT2D eigenvalue weighted by atomic mass is 16.3. The number of aliphatic hydroxyl groups excluding tert-OH is 1. The van der Waals surface area contributed by atoms with Crippen LogP contribution in [0.4, 0.5) is 0 Å². The second-order valence-electron chi connectivity index (χ2n) is 7.38. The molecule has 26 heavy (non-hydrogen) atoms. The SMILES string of the molecule is Cc1cc(C[C@@H]2CN(Cc3cccc(-c4ccc(C)o4)c3)C[C@@H]2O)n[nH]1.